The molecule has 1 aromatic carbocycles. The van der Waals surface area contributed by atoms with Crippen molar-refractivity contribution in [1.29, 1.82) is 0 Å². The molecule has 1 fully saturated rings. The van der Waals surface area contributed by atoms with Gasteiger partial charge >= 0.3 is 0 Å². The molecule has 1 atom stereocenters. The van der Waals surface area contributed by atoms with Crippen molar-refractivity contribution in [2.45, 2.75) is 18.7 Å². The van der Waals surface area contributed by atoms with Gasteiger partial charge in [0.15, 0.2) is 0 Å². The second kappa shape index (κ2) is 4.32. The number of thioether (sulfide) groups is 1. The van der Waals surface area contributed by atoms with Crippen LogP contribution in [0.15, 0.2) is 18.2 Å². The monoisotopic (exact) mass is 211 g/mol. The molecule has 2 rings (SSSR count). The fourth-order valence-corrected chi connectivity index (χ4v) is 2.73. The summed E-state index contributed by atoms with van der Waals surface area (Å²) in [6, 6.07) is 5.37. The third-order valence-corrected chi connectivity index (χ3v) is 3.72. The lowest BCUT2D eigenvalue weighted by molar-refractivity contribution is 0.612. The molecule has 0 spiro atoms. The Morgan fingerprint density at radius 3 is 3.00 bits per heavy atom. The van der Waals surface area contributed by atoms with E-state index in [4.69, 9.17) is 0 Å². The molecule has 1 nitrogen and oxygen atoms in total. The van der Waals surface area contributed by atoms with Crippen molar-refractivity contribution in [2.24, 2.45) is 0 Å². The third-order valence-electron chi connectivity index (χ3n) is 2.42. The summed E-state index contributed by atoms with van der Waals surface area (Å²) in [5.74, 6) is 1.07. The summed E-state index contributed by atoms with van der Waals surface area (Å²) in [4.78, 5) is 0. The molecule has 0 saturated carbocycles. The molecule has 0 aromatic heterocycles. The maximum atomic E-state index is 13.0. The van der Waals surface area contributed by atoms with Crippen molar-refractivity contribution in [2.75, 3.05) is 12.3 Å². The number of aryl methyl sites for hydroxylation is 1. The summed E-state index contributed by atoms with van der Waals surface area (Å²) >= 11 is 1.90. The predicted octanol–water partition coefficient (Wildman–Crippen LogP) is 2.86. The Labute approximate surface area is 88.1 Å². The predicted molar refractivity (Wildman–Crippen MR) is 59.0 cm³/mol. The molecular formula is C11H14FNS. The standard InChI is InChI=1S/C11H14FNS/c1-8-7-9(3-4-10(8)12)11-13-5-2-6-14-11/h3-4,7,11,13H,2,5-6H2,1H3. The van der Waals surface area contributed by atoms with E-state index in [-0.39, 0.29) is 5.82 Å². The van der Waals surface area contributed by atoms with E-state index < -0.39 is 0 Å². The Morgan fingerprint density at radius 2 is 2.36 bits per heavy atom. The van der Waals surface area contributed by atoms with Crippen LogP contribution in [-0.2, 0) is 0 Å². The maximum Gasteiger partial charge on any atom is 0.126 e. The van der Waals surface area contributed by atoms with Gasteiger partial charge in [-0.15, -0.1) is 11.8 Å². The number of halogens is 1. The van der Waals surface area contributed by atoms with Gasteiger partial charge in [0.1, 0.15) is 5.82 Å². The van der Waals surface area contributed by atoms with Crippen LogP contribution in [0.3, 0.4) is 0 Å². The molecule has 3 heteroatoms. The Kier molecular flexibility index (Phi) is 3.08. The molecular weight excluding hydrogens is 197 g/mol. The molecule has 1 N–H and O–H groups in total. The normalized spacial score (nSPS) is 22.3. The summed E-state index contributed by atoms with van der Waals surface area (Å²) in [5.41, 5.74) is 1.92. The third kappa shape index (κ3) is 2.10. The fourth-order valence-electron chi connectivity index (χ4n) is 1.61. The van der Waals surface area contributed by atoms with Crippen LogP contribution < -0.4 is 5.32 Å². The van der Waals surface area contributed by atoms with Gasteiger partial charge in [0, 0.05) is 0 Å². The van der Waals surface area contributed by atoms with E-state index >= 15 is 0 Å². The highest BCUT2D eigenvalue weighted by Crippen LogP contribution is 2.30. The second-order valence-electron chi connectivity index (χ2n) is 3.57. The highest BCUT2D eigenvalue weighted by molar-refractivity contribution is 7.99. The largest absolute Gasteiger partial charge is 0.302 e. The lowest BCUT2D eigenvalue weighted by atomic mass is 10.1. The summed E-state index contributed by atoms with van der Waals surface area (Å²) in [6.45, 7) is 2.88. The average Bonchev–Trinajstić information content (AvgIpc) is 2.23. The summed E-state index contributed by atoms with van der Waals surface area (Å²) in [7, 11) is 0. The van der Waals surface area contributed by atoms with Crippen LogP contribution in [0.2, 0.25) is 0 Å². The molecule has 1 aromatic rings. The summed E-state index contributed by atoms with van der Waals surface area (Å²) in [6.07, 6.45) is 1.22. The molecule has 0 radical (unpaired) electrons. The first-order chi connectivity index (χ1) is 6.77. The topological polar surface area (TPSA) is 12.0 Å². The van der Waals surface area contributed by atoms with Crippen molar-refractivity contribution in [3.63, 3.8) is 0 Å². The van der Waals surface area contributed by atoms with Gasteiger partial charge in [-0.1, -0.05) is 12.1 Å². The van der Waals surface area contributed by atoms with Gasteiger partial charge in [0.2, 0.25) is 0 Å². The van der Waals surface area contributed by atoms with Crippen LogP contribution in [0.5, 0.6) is 0 Å². The number of hydrogen-bond acceptors (Lipinski definition) is 2. The van der Waals surface area contributed by atoms with Crippen LogP contribution in [-0.4, -0.2) is 12.3 Å². The molecule has 1 aliphatic rings. The fraction of sp³-hybridized carbons (Fsp3) is 0.455. The van der Waals surface area contributed by atoms with E-state index in [1.54, 1.807) is 6.07 Å². The van der Waals surface area contributed by atoms with E-state index in [1.807, 2.05) is 30.8 Å². The highest BCUT2D eigenvalue weighted by atomic mass is 32.2. The minimum Gasteiger partial charge on any atom is -0.302 e. The van der Waals surface area contributed by atoms with Crippen LogP contribution in [0, 0.1) is 12.7 Å². The van der Waals surface area contributed by atoms with Crippen LogP contribution in [0.25, 0.3) is 0 Å². The summed E-state index contributed by atoms with van der Waals surface area (Å²) < 4.78 is 13.0. The van der Waals surface area contributed by atoms with Crippen molar-refractivity contribution >= 4 is 11.8 Å². The zero-order valence-corrected chi connectivity index (χ0v) is 9.03. The van der Waals surface area contributed by atoms with Gasteiger partial charge < -0.3 is 5.32 Å². The zero-order chi connectivity index (χ0) is 9.97. The van der Waals surface area contributed by atoms with E-state index in [0.717, 1.165) is 12.1 Å². The van der Waals surface area contributed by atoms with E-state index in [0.29, 0.717) is 5.37 Å². The van der Waals surface area contributed by atoms with Crippen molar-refractivity contribution in [3.05, 3.63) is 35.1 Å². The highest BCUT2D eigenvalue weighted by Gasteiger charge is 2.15. The van der Waals surface area contributed by atoms with E-state index in [1.165, 1.54) is 17.7 Å². The van der Waals surface area contributed by atoms with Crippen LogP contribution >= 0.6 is 11.8 Å². The van der Waals surface area contributed by atoms with Crippen molar-refractivity contribution < 1.29 is 4.39 Å². The minimum absolute atomic E-state index is 0.116. The van der Waals surface area contributed by atoms with E-state index in [2.05, 4.69) is 5.32 Å². The Morgan fingerprint density at radius 1 is 1.50 bits per heavy atom. The smallest absolute Gasteiger partial charge is 0.126 e. The SMILES string of the molecule is Cc1cc(C2NCCCS2)ccc1F. The molecule has 1 saturated heterocycles. The van der Waals surface area contributed by atoms with Gasteiger partial charge in [-0.2, -0.15) is 0 Å². The van der Waals surface area contributed by atoms with Gasteiger partial charge in [-0.05, 0) is 42.8 Å². The first-order valence-corrected chi connectivity index (χ1v) is 5.93. The first kappa shape index (κ1) is 9.99. The second-order valence-corrected chi connectivity index (χ2v) is 4.78. The lowest BCUT2D eigenvalue weighted by Crippen LogP contribution is -2.25. The van der Waals surface area contributed by atoms with Crippen LogP contribution in [0.4, 0.5) is 4.39 Å². The molecule has 1 heterocycles. The number of rotatable bonds is 1. The van der Waals surface area contributed by atoms with E-state index in [9.17, 15) is 4.39 Å². The Hall–Kier alpha value is -0.540. The van der Waals surface area contributed by atoms with Crippen molar-refractivity contribution in [3.8, 4) is 0 Å². The van der Waals surface area contributed by atoms with Gasteiger partial charge in [-0.3, -0.25) is 0 Å². The zero-order valence-electron chi connectivity index (χ0n) is 8.22. The maximum absolute atomic E-state index is 13.0. The average molecular weight is 211 g/mol. The molecule has 14 heavy (non-hydrogen) atoms. The number of benzene rings is 1. The number of hydrogen-bond donors (Lipinski definition) is 1. The van der Waals surface area contributed by atoms with Gasteiger partial charge in [-0.25, -0.2) is 4.39 Å². The summed E-state index contributed by atoms with van der Waals surface area (Å²) in [5, 5.41) is 3.77. The molecule has 0 amide bonds. The Bertz CT molecular complexity index is 321. The number of nitrogens with one attached hydrogen (secondary N) is 1. The first-order valence-electron chi connectivity index (χ1n) is 4.88. The van der Waals surface area contributed by atoms with Gasteiger partial charge in [0.25, 0.3) is 0 Å². The quantitative estimate of drug-likeness (QED) is 0.766. The van der Waals surface area contributed by atoms with Gasteiger partial charge in [0.05, 0.1) is 5.37 Å². The lowest BCUT2D eigenvalue weighted by Gasteiger charge is -2.23. The molecule has 1 aliphatic heterocycles. The minimum atomic E-state index is -0.116. The van der Waals surface area contributed by atoms with Crippen LogP contribution in [0.1, 0.15) is 22.9 Å². The molecule has 1 unspecified atom stereocenters. The molecule has 0 aliphatic carbocycles. The molecule has 0 bridgehead atoms. The molecule has 76 valence electrons. The Balaban J connectivity index is 2.18. The van der Waals surface area contributed by atoms with Crippen molar-refractivity contribution in [1.82, 2.24) is 5.32 Å².